The number of hydrogen-bond acceptors (Lipinski definition) is 6. The van der Waals surface area contributed by atoms with Gasteiger partial charge in [-0.15, -0.1) is 0 Å². The zero-order chi connectivity index (χ0) is 18.3. The highest BCUT2D eigenvalue weighted by Crippen LogP contribution is 2.24. The first-order chi connectivity index (χ1) is 12.6. The minimum atomic E-state index is -0.430. The molecule has 0 aliphatic rings. The number of fused-ring (bicyclic) bond motifs is 2. The number of anilines is 2. The van der Waals surface area contributed by atoms with Crippen LogP contribution in [0.4, 0.5) is 11.5 Å². The fraction of sp³-hybridized carbons (Fsp3) is 0.167. The minimum absolute atomic E-state index is 0.178. The maximum atomic E-state index is 12.7. The van der Waals surface area contributed by atoms with Crippen molar-refractivity contribution >= 4 is 28.2 Å². The summed E-state index contributed by atoms with van der Waals surface area (Å²) in [5, 5.41) is 12.8. The summed E-state index contributed by atoms with van der Waals surface area (Å²) in [5.74, 6) is 0.759. The number of methoxy groups -OCH3 is 1. The van der Waals surface area contributed by atoms with Gasteiger partial charge in [0.15, 0.2) is 11.4 Å². The van der Waals surface area contributed by atoms with Crippen LogP contribution in [0.25, 0.3) is 16.7 Å². The molecule has 1 aromatic carbocycles. The van der Waals surface area contributed by atoms with Gasteiger partial charge in [-0.1, -0.05) is 0 Å². The molecule has 0 unspecified atom stereocenters. The van der Waals surface area contributed by atoms with Gasteiger partial charge in [0.2, 0.25) is 0 Å². The molecule has 0 saturated carbocycles. The van der Waals surface area contributed by atoms with E-state index in [9.17, 15) is 9.90 Å². The Balaban J connectivity index is 1.87. The molecule has 2 N–H and O–H groups in total. The molecule has 26 heavy (non-hydrogen) atoms. The predicted octanol–water partition coefficient (Wildman–Crippen LogP) is 1.83. The van der Waals surface area contributed by atoms with Crippen LogP contribution >= 0.6 is 0 Å². The molecule has 4 rings (SSSR count). The molecule has 0 aliphatic heterocycles. The molecule has 0 aliphatic carbocycles. The quantitative estimate of drug-likeness (QED) is 0.583. The standard InChI is InChI=1S/C18H17N5O3/c1-22-10-19-13-8-11(5-6-14(13)22)20-16-12(9-24)18(25)23-7-3-4-15(26-2)17(23)21-16/h3-8,10,20,24H,9H2,1-2H3. The summed E-state index contributed by atoms with van der Waals surface area (Å²) < 4.78 is 8.58. The Labute approximate surface area is 148 Å². The number of nitrogens with zero attached hydrogens (tertiary/aromatic N) is 4. The van der Waals surface area contributed by atoms with Crippen molar-refractivity contribution in [1.82, 2.24) is 18.9 Å². The van der Waals surface area contributed by atoms with Gasteiger partial charge in [-0.2, -0.15) is 0 Å². The first kappa shape index (κ1) is 16.1. The molecule has 0 radical (unpaired) electrons. The number of pyridine rings is 1. The third-order valence-electron chi connectivity index (χ3n) is 4.28. The van der Waals surface area contributed by atoms with Gasteiger partial charge in [0, 0.05) is 18.9 Å². The van der Waals surface area contributed by atoms with E-state index >= 15 is 0 Å². The van der Waals surface area contributed by atoms with E-state index in [4.69, 9.17) is 4.74 Å². The normalized spacial score (nSPS) is 11.2. The number of aromatic nitrogens is 4. The van der Waals surface area contributed by atoms with Gasteiger partial charge in [-0.3, -0.25) is 9.20 Å². The van der Waals surface area contributed by atoms with Crippen molar-refractivity contribution in [1.29, 1.82) is 0 Å². The van der Waals surface area contributed by atoms with Crippen molar-refractivity contribution in [3.63, 3.8) is 0 Å². The minimum Gasteiger partial charge on any atom is -0.493 e. The number of benzene rings is 1. The summed E-state index contributed by atoms with van der Waals surface area (Å²) >= 11 is 0. The smallest absolute Gasteiger partial charge is 0.265 e. The van der Waals surface area contributed by atoms with E-state index in [1.165, 1.54) is 11.5 Å². The van der Waals surface area contributed by atoms with Crippen LogP contribution in [-0.4, -0.2) is 31.2 Å². The van der Waals surface area contributed by atoms with Crippen LogP contribution in [0.5, 0.6) is 5.75 Å². The van der Waals surface area contributed by atoms with Crippen LogP contribution in [-0.2, 0) is 13.7 Å². The summed E-state index contributed by atoms with van der Waals surface area (Å²) in [4.78, 5) is 21.5. The highest BCUT2D eigenvalue weighted by Gasteiger charge is 2.15. The number of aliphatic hydroxyl groups is 1. The molecule has 4 aromatic rings. The Morgan fingerprint density at radius 1 is 1.31 bits per heavy atom. The zero-order valence-corrected chi connectivity index (χ0v) is 14.3. The van der Waals surface area contributed by atoms with E-state index in [2.05, 4.69) is 15.3 Å². The van der Waals surface area contributed by atoms with Crippen molar-refractivity contribution < 1.29 is 9.84 Å². The molecule has 0 amide bonds. The average molecular weight is 351 g/mol. The second kappa shape index (κ2) is 6.16. The Kier molecular flexibility index (Phi) is 3.81. The summed E-state index contributed by atoms with van der Waals surface area (Å²) in [6, 6.07) is 9.08. The lowest BCUT2D eigenvalue weighted by atomic mass is 10.2. The lowest BCUT2D eigenvalue weighted by Crippen LogP contribution is -2.22. The summed E-state index contributed by atoms with van der Waals surface area (Å²) in [6.45, 7) is -0.430. The van der Waals surface area contributed by atoms with E-state index in [-0.39, 0.29) is 16.9 Å². The number of hydrogen-bond donors (Lipinski definition) is 2. The lowest BCUT2D eigenvalue weighted by Gasteiger charge is -2.13. The van der Waals surface area contributed by atoms with Crippen LogP contribution in [0.1, 0.15) is 5.56 Å². The zero-order valence-electron chi connectivity index (χ0n) is 14.3. The Morgan fingerprint density at radius 3 is 2.92 bits per heavy atom. The second-order valence-electron chi connectivity index (χ2n) is 5.86. The van der Waals surface area contributed by atoms with Gasteiger partial charge in [0.05, 0.1) is 36.6 Å². The van der Waals surface area contributed by atoms with Crippen molar-refractivity contribution in [2.75, 3.05) is 12.4 Å². The van der Waals surface area contributed by atoms with Crippen LogP contribution < -0.4 is 15.6 Å². The molecule has 0 bridgehead atoms. The maximum absolute atomic E-state index is 12.7. The van der Waals surface area contributed by atoms with Crippen molar-refractivity contribution in [3.8, 4) is 5.75 Å². The van der Waals surface area contributed by atoms with Gasteiger partial charge in [0.25, 0.3) is 5.56 Å². The molecule has 0 spiro atoms. The highest BCUT2D eigenvalue weighted by atomic mass is 16.5. The monoisotopic (exact) mass is 351 g/mol. The fourth-order valence-electron chi connectivity index (χ4n) is 2.93. The largest absolute Gasteiger partial charge is 0.493 e. The summed E-state index contributed by atoms with van der Waals surface area (Å²) in [5.41, 5.74) is 2.73. The van der Waals surface area contributed by atoms with Crippen molar-refractivity contribution in [2.45, 2.75) is 6.61 Å². The predicted molar refractivity (Wildman–Crippen MR) is 97.9 cm³/mol. The molecule has 8 nitrogen and oxygen atoms in total. The Morgan fingerprint density at radius 2 is 2.15 bits per heavy atom. The number of imidazole rings is 1. The molecule has 3 aromatic heterocycles. The molecule has 0 atom stereocenters. The van der Waals surface area contributed by atoms with E-state index in [0.29, 0.717) is 11.4 Å². The average Bonchev–Trinajstić information content (AvgIpc) is 3.02. The Hall–Kier alpha value is -3.39. The van der Waals surface area contributed by atoms with E-state index < -0.39 is 6.61 Å². The fourth-order valence-corrected chi connectivity index (χ4v) is 2.93. The third-order valence-corrected chi connectivity index (χ3v) is 4.28. The molecule has 0 fully saturated rings. The molecule has 132 valence electrons. The third kappa shape index (κ3) is 2.47. The second-order valence-corrected chi connectivity index (χ2v) is 5.86. The molecule has 0 saturated heterocycles. The van der Waals surface area contributed by atoms with Crippen LogP contribution in [0.2, 0.25) is 0 Å². The van der Waals surface area contributed by atoms with Crippen molar-refractivity contribution in [3.05, 3.63) is 58.8 Å². The SMILES string of the molecule is COc1cccn2c(=O)c(CO)c(Nc3ccc4c(c3)ncn4C)nc12. The van der Waals surface area contributed by atoms with Gasteiger partial charge in [-0.05, 0) is 30.3 Å². The van der Waals surface area contributed by atoms with Crippen LogP contribution in [0.3, 0.4) is 0 Å². The number of rotatable bonds is 4. The summed E-state index contributed by atoms with van der Waals surface area (Å²) in [7, 11) is 3.44. The van der Waals surface area contributed by atoms with Crippen LogP contribution in [0.15, 0.2) is 47.7 Å². The van der Waals surface area contributed by atoms with Gasteiger partial charge < -0.3 is 19.7 Å². The van der Waals surface area contributed by atoms with Gasteiger partial charge in [0.1, 0.15) is 5.82 Å². The van der Waals surface area contributed by atoms with Crippen LogP contribution in [0, 0.1) is 0 Å². The first-order valence-electron chi connectivity index (χ1n) is 7.99. The lowest BCUT2D eigenvalue weighted by molar-refractivity contribution is 0.280. The van der Waals surface area contributed by atoms with E-state index in [1.54, 1.807) is 24.7 Å². The van der Waals surface area contributed by atoms with E-state index in [1.807, 2.05) is 29.8 Å². The van der Waals surface area contributed by atoms with Gasteiger partial charge in [-0.25, -0.2) is 9.97 Å². The maximum Gasteiger partial charge on any atom is 0.265 e. The molecular weight excluding hydrogens is 334 g/mol. The topological polar surface area (TPSA) is 93.7 Å². The first-order valence-corrected chi connectivity index (χ1v) is 7.99. The van der Waals surface area contributed by atoms with E-state index in [0.717, 1.165) is 16.7 Å². The van der Waals surface area contributed by atoms with Crippen molar-refractivity contribution in [2.24, 2.45) is 7.05 Å². The number of ether oxygens (including phenoxy) is 1. The molecular formula is C18H17N5O3. The summed E-state index contributed by atoms with van der Waals surface area (Å²) in [6.07, 6.45) is 3.33. The highest BCUT2D eigenvalue weighted by molar-refractivity contribution is 5.81. The Bertz CT molecular complexity index is 1180. The number of aryl methyl sites for hydroxylation is 1. The number of aliphatic hydroxyl groups excluding tert-OH is 1. The molecule has 8 heteroatoms. The number of nitrogens with one attached hydrogen (secondary N) is 1. The van der Waals surface area contributed by atoms with Gasteiger partial charge >= 0.3 is 0 Å². The molecule has 3 heterocycles.